The molecule has 0 N–H and O–H groups in total. The summed E-state index contributed by atoms with van der Waals surface area (Å²) < 4.78 is 5.36. The maximum atomic E-state index is 5.36. The van der Waals surface area contributed by atoms with Crippen LogP contribution in [0.1, 0.15) is 5.56 Å². The standard InChI is InChI=1S/C13H21NOSi/c1-5-12-8-6-7-9-13(12)16(11-15-4)10-14(2)3/h5-9,16H,1,10-11H2,2-4H3. The van der Waals surface area contributed by atoms with Gasteiger partial charge in [-0.3, -0.25) is 0 Å². The Kier molecular flexibility index (Phi) is 5.45. The summed E-state index contributed by atoms with van der Waals surface area (Å²) in [4.78, 5) is 2.25. The quantitative estimate of drug-likeness (QED) is 0.684. The predicted octanol–water partition coefficient (Wildman–Crippen LogP) is 1.05. The lowest BCUT2D eigenvalue weighted by atomic mass is 10.2. The molecule has 2 nitrogen and oxygen atoms in total. The number of ether oxygens (including phenoxy) is 1. The molecule has 1 aromatic carbocycles. The minimum atomic E-state index is -1.07. The minimum absolute atomic E-state index is 0.878. The molecule has 0 aliphatic heterocycles. The molecule has 16 heavy (non-hydrogen) atoms. The number of rotatable bonds is 6. The molecule has 88 valence electrons. The lowest BCUT2D eigenvalue weighted by Gasteiger charge is -2.21. The molecular weight excluding hydrogens is 214 g/mol. The second-order valence-corrected chi connectivity index (χ2v) is 6.96. The molecule has 0 saturated carbocycles. The van der Waals surface area contributed by atoms with E-state index in [0.29, 0.717) is 0 Å². The van der Waals surface area contributed by atoms with E-state index in [4.69, 9.17) is 4.74 Å². The normalized spacial score (nSPS) is 12.8. The summed E-state index contributed by atoms with van der Waals surface area (Å²) in [7, 11) is 4.94. The number of methoxy groups -OCH3 is 1. The Hall–Kier alpha value is -0.903. The number of benzene rings is 1. The molecule has 0 fully saturated rings. The summed E-state index contributed by atoms with van der Waals surface area (Å²) in [5.74, 6) is 0. The van der Waals surface area contributed by atoms with E-state index in [-0.39, 0.29) is 0 Å². The molecule has 1 rings (SSSR count). The van der Waals surface area contributed by atoms with E-state index >= 15 is 0 Å². The van der Waals surface area contributed by atoms with Crippen LogP contribution in [0.3, 0.4) is 0 Å². The first-order valence-electron chi connectivity index (χ1n) is 5.54. The van der Waals surface area contributed by atoms with E-state index in [1.165, 1.54) is 10.8 Å². The van der Waals surface area contributed by atoms with Gasteiger partial charge in [-0.05, 0) is 25.8 Å². The van der Waals surface area contributed by atoms with Gasteiger partial charge in [-0.2, -0.15) is 0 Å². The van der Waals surface area contributed by atoms with Crippen molar-refractivity contribution in [3.8, 4) is 0 Å². The fraction of sp³-hybridized carbons (Fsp3) is 0.385. The van der Waals surface area contributed by atoms with Gasteiger partial charge in [-0.1, -0.05) is 42.1 Å². The first kappa shape index (κ1) is 13.2. The van der Waals surface area contributed by atoms with Gasteiger partial charge in [0.2, 0.25) is 0 Å². The summed E-state index contributed by atoms with van der Waals surface area (Å²) in [6.07, 6.45) is 3.95. The van der Waals surface area contributed by atoms with E-state index in [1.807, 2.05) is 6.08 Å². The van der Waals surface area contributed by atoms with Crippen LogP contribution in [0, 0.1) is 0 Å². The maximum absolute atomic E-state index is 5.36. The summed E-state index contributed by atoms with van der Waals surface area (Å²) in [5, 5.41) is 1.45. The summed E-state index contributed by atoms with van der Waals surface area (Å²) >= 11 is 0. The van der Waals surface area contributed by atoms with Crippen molar-refractivity contribution in [3.05, 3.63) is 36.4 Å². The van der Waals surface area contributed by atoms with Crippen molar-refractivity contribution in [1.29, 1.82) is 0 Å². The van der Waals surface area contributed by atoms with Gasteiger partial charge in [-0.15, -0.1) is 0 Å². The summed E-state index contributed by atoms with van der Waals surface area (Å²) in [6, 6.07) is 8.52. The molecule has 0 aliphatic rings. The third-order valence-electron chi connectivity index (χ3n) is 2.61. The number of hydrogen-bond acceptors (Lipinski definition) is 2. The molecule has 1 aromatic rings. The predicted molar refractivity (Wildman–Crippen MR) is 73.7 cm³/mol. The van der Waals surface area contributed by atoms with Crippen LogP contribution in [0.5, 0.6) is 0 Å². The molecule has 3 heteroatoms. The monoisotopic (exact) mass is 235 g/mol. The van der Waals surface area contributed by atoms with Gasteiger partial charge < -0.3 is 9.64 Å². The maximum Gasteiger partial charge on any atom is 0.115 e. The van der Waals surface area contributed by atoms with E-state index in [1.54, 1.807) is 7.11 Å². The average Bonchev–Trinajstić information content (AvgIpc) is 2.28. The van der Waals surface area contributed by atoms with Crippen LogP contribution >= 0.6 is 0 Å². The fourth-order valence-electron chi connectivity index (χ4n) is 1.95. The fourth-order valence-corrected chi connectivity index (χ4v) is 4.79. The highest BCUT2D eigenvalue weighted by molar-refractivity contribution is 6.74. The highest BCUT2D eigenvalue weighted by atomic mass is 28.3. The van der Waals surface area contributed by atoms with Crippen molar-refractivity contribution in [3.63, 3.8) is 0 Å². The minimum Gasteiger partial charge on any atom is -0.388 e. The lowest BCUT2D eigenvalue weighted by molar-refractivity contribution is 0.247. The van der Waals surface area contributed by atoms with Gasteiger partial charge >= 0.3 is 0 Å². The zero-order chi connectivity index (χ0) is 12.0. The van der Waals surface area contributed by atoms with Gasteiger partial charge in [0.1, 0.15) is 8.80 Å². The lowest BCUT2D eigenvalue weighted by Crippen LogP contribution is -2.45. The van der Waals surface area contributed by atoms with Crippen molar-refractivity contribution in [2.24, 2.45) is 0 Å². The van der Waals surface area contributed by atoms with Crippen LogP contribution in [0.4, 0.5) is 0 Å². The Morgan fingerprint density at radius 2 is 2.06 bits per heavy atom. The molecule has 0 aliphatic carbocycles. The van der Waals surface area contributed by atoms with E-state index in [2.05, 4.69) is 49.8 Å². The van der Waals surface area contributed by atoms with Crippen LogP contribution in [-0.2, 0) is 4.74 Å². The molecule has 0 heterocycles. The van der Waals surface area contributed by atoms with Crippen LogP contribution in [0.15, 0.2) is 30.8 Å². The molecule has 0 saturated heterocycles. The highest BCUT2D eigenvalue weighted by Crippen LogP contribution is 2.01. The van der Waals surface area contributed by atoms with Crippen molar-refractivity contribution >= 4 is 20.1 Å². The topological polar surface area (TPSA) is 12.5 Å². The molecule has 0 amide bonds. The molecule has 0 spiro atoms. The molecule has 0 aromatic heterocycles. The van der Waals surface area contributed by atoms with Gasteiger partial charge in [0.05, 0.1) is 0 Å². The third-order valence-corrected chi connectivity index (χ3v) is 5.92. The second-order valence-electron chi connectivity index (χ2n) is 4.25. The SMILES string of the molecule is C=Cc1ccccc1[SiH](COC)CN(C)C. The second kappa shape index (κ2) is 6.63. The number of nitrogens with zero attached hydrogens (tertiary/aromatic N) is 1. The van der Waals surface area contributed by atoms with Crippen LogP contribution in [0.25, 0.3) is 6.08 Å². The van der Waals surface area contributed by atoms with Gasteiger partial charge in [0.25, 0.3) is 0 Å². The van der Waals surface area contributed by atoms with Crippen LogP contribution < -0.4 is 5.19 Å². The Balaban J connectivity index is 2.94. The Morgan fingerprint density at radius 1 is 1.38 bits per heavy atom. The van der Waals surface area contributed by atoms with E-state index in [0.717, 1.165) is 12.4 Å². The average molecular weight is 235 g/mol. The van der Waals surface area contributed by atoms with Crippen molar-refractivity contribution in [1.82, 2.24) is 4.90 Å². The number of hydrogen-bond donors (Lipinski definition) is 0. The highest BCUT2D eigenvalue weighted by Gasteiger charge is 2.16. The summed E-state index contributed by atoms with van der Waals surface area (Å²) in [6.45, 7) is 3.88. The van der Waals surface area contributed by atoms with Crippen molar-refractivity contribution < 1.29 is 4.74 Å². The van der Waals surface area contributed by atoms with Gasteiger partial charge in [0.15, 0.2) is 0 Å². The van der Waals surface area contributed by atoms with Gasteiger partial charge in [0, 0.05) is 13.3 Å². The van der Waals surface area contributed by atoms with E-state index < -0.39 is 8.80 Å². The Labute approximate surface area is 100 Å². The smallest absolute Gasteiger partial charge is 0.115 e. The van der Waals surface area contributed by atoms with E-state index in [9.17, 15) is 0 Å². The molecular formula is C13H21NOSi. The molecule has 0 bridgehead atoms. The van der Waals surface area contributed by atoms with Gasteiger partial charge in [-0.25, -0.2) is 0 Å². The molecule has 1 atom stereocenters. The summed E-state index contributed by atoms with van der Waals surface area (Å²) in [5.41, 5.74) is 1.26. The van der Waals surface area contributed by atoms with Crippen LogP contribution in [0.2, 0.25) is 0 Å². The third kappa shape index (κ3) is 3.59. The Bertz CT molecular complexity index is 338. The molecule has 0 radical (unpaired) electrons. The van der Waals surface area contributed by atoms with Crippen molar-refractivity contribution in [2.45, 2.75) is 0 Å². The van der Waals surface area contributed by atoms with Crippen molar-refractivity contribution in [2.75, 3.05) is 33.6 Å². The zero-order valence-electron chi connectivity index (χ0n) is 10.4. The van der Waals surface area contributed by atoms with Crippen LogP contribution in [-0.4, -0.2) is 47.3 Å². The first-order valence-corrected chi connectivity index (χ1v) is 7.75. The zero-order valence-corrected chi connectivity index (χ0v) is 11.6. The first-order chi connectivity index (χ1) is 7.69. The molecule has 1 unspecified atom stereocenters. The Morgan fingerprint density at radius 3 is 2.62 bits per heavy atom. The largest absolute Gasteiger partial charge is 0.388 e.